The SMILES string of the molecule is [2H]c1c([2H])c([2H])c(-c2c3c([2H])c([2H])c([2H])c([2H])c3c(-c3c([2H])c([2H])c([2H])c4oc5c([2H])c([2H])c([2H])c([2H])c5c34)c3c([2H])c(-c4c([2H])c([2H])c5c([2H])c([2H])c([2H])c([2H])c5c4[2H])c([2H])c([2H])c23)c(-c2c([2H])c([2H])c([2H])c3c([2H])c([2H])c([2H])c([2H])c23)c1[2H]. The van der Waals surface area contributed by atoms with Gasteiger partial charge < -0.3 is 4.42 Å². The fourth-order valence-electron chi connectivity index (χ4n) is 6.48. The highest BCUT2D eigenvalue weighted by Gasteiger charge is 2.22. The Labute approximate surface area is 352 Å². The molecule has 0 aliphatic rings. The lowest BCUT2D eigenvalue weighted by Crippen LogP contribution is -1.94. The predicted molar refractivity (Wildman–Crippen MR) is 225 cm³/mol. The number of para-hydroxylation sites is 1. The minimum atomic E-state index is -1.24. The molecule has 0 amide bonds. The topological polar surface area (TPSA) is 13.1 Å². The molecule has 0 saturated carbocycles. The van der Waals surface area contributed by atoms with Crippen molar-refractivity contribution in [1.29, 1.82) is 0 Å². The molecule has 0 atom stereocenters. The van der Waals surface area contributed by atoms with E-state index < -0.39 is 303 Å². The number of fused-ring (bicyclic) bond motifs is 7. The quantitative estimate of drug-likeness (QED) is 0.166. The lowest BCUT2D eigenvalue weighted by atomic mass is 9.82. The molecule has 10 aromatic carbocycles. The van der Waals surface area contributed by atoms with Crippen LogP contribution in [-0.2, 0) is 0 Å². The van der Waals surface area contributed by atoms with Crippen LogP contribution in [0.4, 0.5) is 0 Å². The maximum Gasteiger partial charge on any atom is 0.136 e. The molecule has 0 bridgehead atoms. The van der Waals surface area contributed by atoms with Crippen LogP contribution in [0.15, 0.2) is 198 Å². The number of rotatable bonds is 4. The molecule has 1 heterocycles. The second kappa shape index (κ2) is 11.8. The Balaban J connectivity index is 1.55. The van der Waals surface area contributed by atoms with Gasteiger partial charge in [-0.25, -0.2) is 0 Å². The van der Waals surface area contributed by atoms with Crippen LogP contribution >= 0.6 is 0 Å². The van der Waals surface area contributed by atoms with E-state index in [0.29, 0.717) is 0 Å². The van der Waals surface area contributed by atoms with E-state index in [1.165, 1.54) is 0 Å². The van der Waals surface area contributed by atoms with Gasteiger partial charge in [-0.1, -0.05) is 169 Å². The third-order valence-electron chi connectivity index (χ3n) is 8.70. The average molecular weight is 705 g/mol. The number of furan rings is 1. The summed E-state index contributed by atoms with van der Waals surface area (Å²) in [5.41, 5.74) is -8.87. The van der Waals surface area contributed by atoms with Gasteiger partial charge in [-0.2, -0.15) is 0 Å². The Bertz CT molecular complexity index is 5070. The van der Waals surface area contributed by atoms with E-state index in [0.717, 1.165) is 0 Å². The normalized spacial score (nSPS) is 20.2. The van der Waals surface area contributed by atoms with E-state index in [1.54, 1.807) is 0 Å². The van der Waals surface area contributed by atoms with Crippen LogP contribution in [0.5, 0.6) is 0 Å². The molecule has 0 fully saturated rings. The fraction of sp³-hybridized carbons (Fsp3) is 0. The summed E-state index contributed by atoms with van der Waals surface area (Å²) < 4.78 is 300. The highest BCUT2D eigenvalue weighted by molar-refractivity contribution is 6.27. The van der Waals surface area contributed by atoms with Gasteiger partial charge >= 0.3 is 0 Å². The monoisotopic (exact) mass is 704 g/mol. The molecule has 0 aliphatic heterocycles. The molecule has 0 saturated heterocycles. The lowest BCUT2D eigenvalue weighted by Gasteiger charge is -2.21. The van der Waals surface area contributed by atoms with Crippen molar-refractivity contribution in [2.24, 2.45) is 0 Å². The Morgan fingerprint density at radius 1 is 0.302 bits per heavy atom. The fourth-order valence-corrected chi connectivity index (χ4v) is 6.48. The summed E-state index contributed by atoms with van der Waals surface area (Å²) in [6.07, 6.45) is 0. The van der Waals surface area contributed by atoms with E-state index in [9.17, 15) is 19.2 Å². The van der Waals surface area contributed by atoms with Crippen LogP contribution in [0.2, 0.25) is 0 Å². The van der Waals surface area contributed by atoms with Crippen molar-refractivity contribution >= 4 is 65.0 Å². The summed E-state index contributed by atoms with van der Waals surface area (Å²) in [5, 5.41) is -7.85. The van der Waals surface area contributed by atoms with Crippen LogP contribution in [0, 0.1) is 0 Å². The Morgan fingerprint density at radius 2 is 0.830 bits per heavy atom. The predicted octanol–water partition coefficient (Wildman–Crippen LogP) is 14.9. The van der Waals surface area contributed by atoms with Crippen LogP contribution in [0.25, 0.3) is 110 Å². The number of benzene rings is 10. The largest absolute Gasteiger partial charge is 0.456 e. The molecule has 1 nitrogen and oxygen atoms in total. The minimum absolute atomic E-state index is 0.605. The van der Waals surface area contributed by atoms with Crippen molar-refractivity contribution in [2.75, 3.05) is 0 Å². The highest BCUT2D eigenvalue weighted by Crippen LogP contribution is 2.49. The summed E-state index contributed by atoms with van der Waals surface area (Å²) >= 11 is 0. The van der Waals surface area contributed by atoms with Crippen LogP contribution in [0.3, 0.4) is 0 Å². The molecule has 0 aliphatic carbocycles. The van der Waals surface area contributed by atoms with Crippen molar-refractivity contribution < 1.29 is 48.3 Å². The van der Waals surface area contributed by atoms with Gasteiger partial charge in [0.25, 0.3) is 0 Å². The van der Waals surface area contributed by atoms with Gasteiger partial charge in [0.1, 0.15) is 11.2 Å². The molecule has 246 valence electrons. The average Bonchev–Trinajstić information content (AvgIpc) is 1.40. The van der Waals surface area contributed by atoms with Crippen molar-refractivity contribution in [1.82, 2.24) is 0 Å². The minimum Gasteiger partial charge on any atom is -0.456 e. The summed E-state index contributed by atoms with van der Waals surface area (Å²) in [6.45, 7) is 0. The molecule has 0 N–H and O–H groups in total. The molecule has 1 aromatic heterocycles. The molecule has 11 aromatic rings. The summed E-state index contributed by atoms with van der Waals surface area (Å²) in [6, 6.07) is -33.0. The smallest absolute Gasteiger partial charge is 0.136 e. The van der Waals surface area contributed by atoms with E-state index >= 15 is 0 Å². The van der Waals surface area contributed by atoms with E-state index in [2.05, 4.69) is 0 Å². The van der Waals surface area contributed by atoms with Gasteiger partial charge in [0, 0.05) is 10.8 Å². The van der Waals surface area contributed by atoms with Crippen LogP contribution in [-0.4, -0.2) is 0 Å². The maximum atomic E-state index is 10.4. The van der Waals surface area contributed by atoms with Crippen molar-refractivity contribution in [3.05, 3.63) is 193 Å². The Kier molecular flexibility index (Phi) is 2.68. The van der Waals surface area contributed by atoms with Crippen molar-refractivity contribution in [2.45, 2.75) is 0 Å². The Morgan fingerprint density at radius 3 is 1.68 bits per heavy atom. The first-order chi connectivity index (χ1) is 39.6. The zero-order valence-corrected chi connectivity index (χ0v) is 26.4. The second-order valence-electron chi connectivity index (χ2n) is 11.5. The molecule has 0 radical (unpaired) electrons. The summed E-state index contributed by atoms with van der Waals surface area (Å²) in [4.78, 5) is 0. The van der Waals surface area contributed by atoms with Gasteiger partial charge in [0.15, 0.2) is 0 Å². The zero-order valence-electron chi connectivity index (χ0n) is 58.4. The van der Waals surface area contributed by atoms with Gasteiger partial charge in [0.05, 0.1) is 43.9 Å². The molecule has 53 heavy (non-hydrogen) atoms. The number of hydrogen-bond donors (Lipinski definition) is 0. The molecular formula is C52H32O. The van der Waals surface area contributed by atoms with Crippen LogP contribution in [0.1, 0.15) is 43.9 Å². The molecule has 0 unspecified atom stereocenters. The first kappa shape index (κ1) is 12.0. The number of hydrogen-bond acceptors (Lipinski definition) is 1. The maximum absolute atomic E-state index is 10.4. The van der Waals surface area contributed by atoms with Gasteiger partial charge in [-0.3, -0.25) is 0 Å². The van der Waals surface area contributed by atoms with Crippen molar-refractivity contribution in [3.63, 3.8) is 0 Å². The van der Waals surface area contributed by atoms with Crippen LogP contribution < -0.4 is 0 Å². The first-order valence-corrected chi connectivity index (χ1v) is 15.7. The third kappa shape index (κ3) is 4.64. The highest BCUT2D eigenvalue weighted by atomic mass is 16.3. The summed E-state index contributed by atoms with van der Waals surface area (Å²) in [5.74, 6) is 0. The first-order valence-electron chi connectivity index (χ1n) is 31.7. The molecule has 11 rings (SSSR count). The molecular weight excluding hydrogens is 641 g/mol. The summed E-state index contributed by atoms with van der Waals surface area (Å²) in [7, 11) is 0. The zero-order chi connectivity index (χ0) is 62.7. The molecule has 0 spiro atoms. The third-order valence-corrected chi connectivity index (χ3v) is 8.70. The standard InChI is InChI=1S/C52H32O/c1-2-15-35-31-36(28-27-33(35)13-1)37-29-30-44-47(32-37)51(46-24-12-26-49-52(46)45-22-9-10-25-48(45)53-49)43-21-8-7-20-42(43)50(44)41-19-6-5-18-40(41)39-23-11-16-34-14-3-4-17-38(34)39/h1-32H/i1D,2D,3D,4D,5D,6D,7D,8D,9D,10D,11D,12D,13D,14D,15D,16D,17D,18D,19D,20D,21D,22D,23D,24D,25D,26D,27D,28D,29D,30D,31D,32D. The second-order valence-corrected chi connectivity index (χ2v) is 11.5. The van der Waals surface area contributed by atoms with E-state index in [1.807, 2.05) is 0 Å². The van der Waals surface area contributed by atoms with Gasteiger partial charge in [-0.05, 0) is 112 Å². The molecule has 1 heteroatoms. The van der Waals surface area contributed by atoms with Gasteiger partial charge in [0.2, 0.25) is 0 Å². The van der Waals surface area contributed by atoms with E-state index in [4.69, 9.17) is 29.1 Å². The van der Waals surface area contributed by atoms with E-state index in [-0.39, 0.29) is 0 Å². The lowest BCUT2D eigenvalue weighted by molar-refractivity contribution is 0.669. The Hall–Kier alpha value is -6.96. The van der Waals surface area contributed by atoms with Gasteiger partial charge in [-0.15, -0.1) is 0 Å². The van der Waals surface area contributed by atoms with Crippen molar-refractivity contribution in [3.8, 4) is 44.5 Å².